The van der Waals surface area contributed by atoms with Crippen LogP contribution >= 0.6 is 0 Å². The van der Waals surface area contributed by atoms with Crippen LogP contribution in [0.1, 0.15) is 19.3 Å². The normalized spacial score (nSPS) is 14.0. The van der Waals surface area contributed by atoms with Crippen molar-refractivity contribution in [2.45, 2.75) is 19.3 Å². The predicted molar refractivity (Wildman–Crippen MR) is 78.2 cm³/mol. The van der Waals surface area contributed by atoms with Crippen molar-refractivity contribution in [2.75, 3.05) is 24.5 Å². The summed E-state index contributed by atoms with van der Waals surface area (Å²) in [6, 6.07) is 9.36. The second-order valence-corrected chi connectivity index (χ2v) is 5.17. The number of primary amides is 1. The molecule has 0 radical (unpaired) electrons. The van der Waals surface area contributed by atoms with Gasteiger partial charge in [0.25, 0.3) is 0 Å². The largest absolute Gasteiger partial charge is 0.370 e. The first kappa shape index (κ1) is 14.5. The van der Waals surface area contributed by atoms with E-state index < -0.39 is 5.91 Å². The molecule has 2 amide bonds. The summed E-state index contributed by atoms with van der Waals surface area (Å²) < 4.78 is 0. The topological polar surface area (TPSA) is 75.4 Å². The molecule has 0 heterocycles. The van der Waals surface area contributed by atoms with Gasteiger partial charge in [0.05, 0.1) is 6.54 Å². The molecule has 0 aromatic heterocycles. The van der Waals surface area contributed by atoms with Crippen molar-refractivity contribution in [2.24, 2.45) is 11.7 Å². The van der Waals surface area contributed by atoms with Gasteiger partial charge in [-0.2, -0.15) is 0 Å². The van der Waals surface area contributed by atoms with Crippen LogP contribution in [0.5, 0.6) is 0 Å². The van der Waals surface area contributed by atoms with E-state index in [9.17, 15) is 9.59 Å². The smallest absolute Gasteiger partial charge is 0.240 e. The van der Waals surface area contributed by atoms with E-state index in [4.69, 9.17) is 5.73 Å². The van der Waals surface area contributed by atoms with Crippen LogP contribution in [-0.2, 0) is 9.59 Å². The van der Waals surface area contributed by atoms with Crippen molar-refractivity contribution in [1.82, 2.24) is 5.32 Å². The summed E-state index contributed by atoms with van der Waals surface area (Å²) in [7, 11) is 0. The Morgan fingerprint density at radius 2 is 1.95 bits per heavy atom. The number of nitrogens with zero attached hydrogens (tertiary/aromatic N) is 1. The summed E-state index contributed by atoms with van der Waals surface area (Å²) in [5.41, 5.74) is 5.97. The molecule has 0 spiro atoms. The molecule has 1 aromatic carbocycles. The standard InChI is InChI=1S/C15H21N3O2/c16-14(19)8-9-18(13-4-2-1-3-5-13)15(20)11-17-10-12-6-7-12/h1-5,12,17H,6-11H2,(H2,16,19). The fourth-order valence-electron chi connectivity index (χ4n) is 2.03. The Kier molecular flexibility index (Phi) is 5.12. The molecule has 3 N–H and O–H groups in total. The zero-order valence-electron chi connectivity index (χ0n) is 11.5. The second-order valence-electron chi connectivity index (χ2n) is 5.17. The van der Waals surface area contributed by atoms with E-state index in [0.717, 1.165) is 18.2 Å². The Balaban J connectivity index is 1.92. The van der Waals surface area contributed by atoms with Gasteiger partial charge in [-0.3, -0.25) is 9.59 Å². The van der Waals surface area contributed by atoms with Crippen molar-refractivity contribution >= 4 is 17.5 Å². The number of carbonyl (C=O) groups excluding carboxylic acids is 2. The van der Waals surface area contributed by atoms with E-state index in [0.29, 0.717) is 13.1 Å². The fraction of sp³-hybridized carbons (Fsp3) is 0.467. The summed E-state index contributed by atoms with van der Waals surface area (Å²) in [5.74, 6) is 0.307. The minimum Gasteiger partial charge on any atom is -0.370 e. The highest BCUT2D eigenvalue weighted by Gasteiger charge is 2.22. The van der Waals surface area contributed by atoms with Gasteiger partial charge in [-0.15, -0.1) is 0 Å². The van der Waals surface area contributed by atoms with Crippen molar-refractivity contribution < 1.29 is 9.59 Å². The van der Waals surface area contributed by atoms with Gasteiger partial charge in [-0.1, -0.05) is 18.2 Å². The Labute approximate surface area is 119 Å². The first-order chi connectivity index (χ1) is 9.66. The Morgan fingerprint density at radius 3 is 2.55 bits per heavy atom. The van der Waals surface area contributed by atoms with E-state index in [1.807, 2.05) is 30.3 Å². The van der Waals surface area contributed by atoms with Gasteiger partial charge in [-0.05, 0) is 37.4 Å². The SMILES string of the molecule is NC(=O)CCN(C(=O)CNCC1CC1)c1ccccc1. The summed E-state index contributed by atoms with van der Waals surface area (Å²) in [4.78, 5) is 24.8. The highest BCUT2D eigenvalue weighted by Crippen LogP contribution is 2.27. The van der Waals surface area contributed by atoms with Gasteiger partial charge >= 0.3 is 0 Å². The highest BCUT2D eigenvalue weighted by atomic mass is 16.2. The first-order valence-electron chi connectivity index (χ1n) is 7.01. The molecule has 2 rings (SSSR count). The molecular weight excluding hydrogens is 254 g/mol. The van der Waals surface area contributed by atoms with Crippen LogP contribution in [-0.4, -0.2) is 31.4 Å². The maximum Gasteiger partial charge on any atom is 0.240 e. The molecule has 5 heteroatoms. The molecule has 0 aliphatic heterocycles. The number of benzene rings is 1. The number of para-hydroxylation sites is 1. The number of hydrogen-bond acceptors (Lipinski definition) is 3. The average Bonchev–Trinajstić information content (AvgIpc) is 3.24. The number of nitrogens with one attached hydrogen (secondary N) is 1. The maximum atomic E-state index is 12.3. The lowest BCUT2D eigenvalue weighted by Gasteiger charge is -2.22. The lowest BCUT2D eigenvalue weighted by molar-refractivity contribution is -0.118. The molecule has 1 aliphatic carbocycles. The third-order valence-corrected chi connectivity index (χ3v) is 3.36. The highest BCUT2D eigenvalue weighted by molar-refractivity contribution is 5.95. The van der Waals surface area contributed by atoms with E-state index >= 15 is 0 Å². The van der Waals surface area contributed by atoms with E-state index in [1.54, 1.807) is 4.90 Å². The van der Waals surface area contributed by atoms with Gasteiger partial charge in [0.2, 0.25) is 11.8 Å². The van der Waals surface area contributed by atoms with Crippen LogP contribution in [0.4, 0.5) is 5.69 Å². The van der Waals surface area contributed by atoms with Crippen LogP contribution in [0.3, 0.4) is 0 Å². The molecule has 20 heavy (non-hydrogen) atoms. The van der Waals surface area contributed by atoms with Crippen molar-refractivity contribution in [3.8, 4) is 0 Å². The summed E-state index contributed by atoms with van der Waals surface area (Å²) in [6.07, 6.45) is 2.68. The first-order valence-corrected chi connectivity index (χ1v) is 7.01. The molecule has 0 bridgehead atoms. The zero-order chi connectivity index (χ0) is 14.4. The average molecular weight is 275 g/mol. The minimum absolute atomic E-state index is 0.0295. The van der Waals surface area contributed by atoms with Crippen LogP contribution in [0.15, 0.2) is 30.3 Å². The maximum absolute atomic E-state index is 12.3. The van der Waals surface area contributed by atoms with Crippen molar-refractivity contribution in [3.05, 3.63) is 30.3 Å². The lowest BCUT2D eigenvalue weighted by Crippen LogP contribution is -2.40. The summed E-state index contributed by atoms with van der Waals surface area (Å²) >= 11 is 0. The van der Waals surface area contributed by atoms with Crippen LogP contribution in [0.25, 0.3) is 0 Å². The second kappa shape index (κ2) is 7.05. The van der Waals surface area contributed by atoms with Gasteiger partial charge in [-0.25, -0.2) is 0 Å². The number of carbonyl (C=O) groups is 2. The molecule has 1 saturated carbocycles. The minimum atomic E-state index is -0.398. The summed E-state index contributed by atoms with van der Waals surface area (Å²) in [6.45, 7) is 1.51. The number of amides is 2. The van der Waals surface area contributed by atoms with Crippen molar-refractivity contribution in [3.63, 3.8) is 0 Å². The Bertz CT molecular complexity index is 457. The van der Waals surface area contributed by atoms with Gasteiger partial charge in [0.15, 0.2) is 0 Å². The predicted octanol–water partition coefficient (Wildman–Crippen LogP) is 0.895. The Morgan fingerprint density at radius 1 is 1.25 bits per heavy atom. The molecule has 0 saturated heterocycles. The Hall–Kier alpha value is -1.88. The van der Waals surface area contributed by atoms with E-state index in [-0.39, 0.29) is 12.3 Å². The van der Waals surface area contributed by atoms with Gasteiger partial charge in [0.1, 0.15) is 0 Å². The summed E-state index contributed by atoms with van der Waals surface area (Å²) in [5, 5.41) is 3.18. The number of rotatable bonds is 8. The third kappa shape index (κ3) is 4.66. The molecular formula is C15H21N3O2. The van der Waals surface area contributed by atoms with Crippen LogP contribution < -0.4 is 16.0 Å². The molecule has 1 aromatic rings. The number of anilines is 1. The molecule has 108 valence electrons. The number of nitrogens with two attached hydrogens (primary N) is 1. The molecule has 0 atom stereocenters. The van der Waals surface area contributed by atoms with E-state index in [2.05, 4.69) is 5.32 Å². The molecule has 1 aliphatic rings. The lowest BCUT2D eigenvalue weighted by atomic mass is 10.2. The van der Waals surface area contributed by atoms with Crippen LogP contribution in [0, 0.1) is 5.92 Å². The van der Waals surface area contributed by atoms with Gasteiger partial charge in [0, 0.05) is 18.7 Å². The van der Waals surface area contributed by atoms with Crippen molar-refractivity contribution in [1.29, 1.82) is 0 Å². The zero-order valence-corrected chi connectivity index (χ0v) is 11.5. The quantitative estimate of drug-likeness (QED) is 0.740. The van der Waals surface area contributed by atoms with Crippen LogP contribution in [0.2, 0.25) is 0 Å². The van der Waals surface area contributed by atoms with Gasteiger partial charge < -0.3 is 16.0 Å². The number of hydrogen-bond donors (Lipinski definition) is 2. The fourth-order valence-corrected chi connectivity index (χ4v) is 2.03. The molecule has 1 fully saturated rings. The molecule has 5 nitrogen and oxygen atoms in total. The monoisotopic (exact) mass is 275 g/mol. The molecule has 0 unspecified atom stereocenters. The van der Waals surface area contributed by atoms with E-state index in [1.165, 1.54) is 12.8 Å². The third-order valence-electron chi connectivity index (χ3n) is 3.36.